The largest absolute Gasteiger partial charge is 0.141 e. The summed E-state index contributed by atoms with van der Waals surface area (Å²) in [5.74, 6) is 0. The van der Waals surface area contributed by atoms with E-state index in [1.165, 1.54) is 15.0 Å². The first kappa shape index (κ1) is 13.2. The second-order valence-electron chi connectivity index (χ2n) is 2.39. The quantitative estimate of drug-likeness (QED) is 0.554. The summed E-state index contributed by atoms with van der Waals surface area (Å²) in [6.07, 6.45) is 0. The minimum atomic E-state index is 1.37. The molecule has 2 aromatic rings. The molecule has 0 spiro atoms. The maximum absolute atomic E-state index is 2.22. The van der Waals surface area contributed by atoms with Crippen LogP contribution < -0.4 is 0 Å². The molecule has 0 aliphatic heterocycles. The summed E-state index contributed by atoms with van der Waals surface area (Å²) in [6.45, 7) is 10.1. The summed E-state index contributed by atoms with van der Waals surface area (Å²) in [7, 11) is 0. The van der Waals surface area contributed by atoms with Gasteiger partial charge in [0.2, 0.25) is 0 Å². The Labute approximate surface area is 91.6 Å². The number of thiophene rings is 1. The normalized spacial score (nSPS) is 8.36. The lowest BCUT2D eigenvalue weighted by molar-refractivity contribution is 1.50. The Balaban J connectivity index is 0.000000379. The minimum Gasteiger partial charge on any atom is -0.141 e. The molecule has 0 fully saturated rings. The van der Waals surface area contributed by atoms with Crippen LogP contribution in [0.15, 0.2) is 30.3 Å². The van der Waals surface area contributed by atoms with E-state index in [-0.39, 0.29) is 0 Å². The zero-order chi connectivity index (χ0) is 11.0. The van der Waals surface area contributed by atoms with E-state index in [1.54, 1.807) is 0 Å². The maximum Gasteiger partial charge on any atom is 0.0345 e. The smallest absolute Gasteiger partial charge is 0.0345 e. The van der Waals surface area contributed by atoms with Crippen LogP contribution in [-0.2, 0) is 0 Å². The van der Waals surface area contributed by atoms with Gasteiger partial charge in [-0.3, -0.25) is 0 Å². The van der Waals surface area contributed by atoms with E-state index in [0.29, 0.717) is 0 Å². The van der Waals surface area contributed by atoms with Crippen LogP contribution in [0.1, 0.15) is 32.6 Å². The van der Waals surface area contributed by atoms with Gasteiger partial charge in [0.25, 0.3) is 0 Å². The van der Waals surface area contributed by atoms with Crippen LogP contribution in [0.25, 0.3) is 10.1 Å². The molecule has 0 saturated carbocycles. The highest BCUT2D eigenvalue weighted by Crippen LogP contribution is 2.23. The molecule has 0 amide bonds. The summed E-state index contributed by atoms with van der Waals surface area (Å²) in [6, 6.07) is 10.7. The molecule has 0 aliphatic carbocycles. The molecule has 1 aromatic carbocycles. The maximum atomic E-state index is 2.22. The van der Waals surface area contributed by atoms with Gasteiger partial charge in [0.1, 0.15) is 0 Å². The average Bonchev–Trinajstić information content (AvgIpc) is 2.64. The molecule has 0 nitrogen and oxygen atoms in total. The first-order valence-electron chi connectivity index (χ1n) is 5.31. The van der Waals surface area contributed by atoms with E-state index >= 15 is 0 Å². The Morgan fingerprint density at radius 1 is 0.929 bits per heavy atom. The van der Waals surface area contributed by atoms with E-state index in [2.05, 4.69) is 37.3 Å². The fourth-order valence-corrected chi connectivity index (χ4v) is 2.04. The van der Waals surface area contributed by atoms with Gasteiger partial charge in [-0.15, -0.1) is 11.3 Å². The van der Waals surface area contributed by atoms with E-state index in [1.807, 2.05) is 39.0 Å². The molecule has 0 aliphatic rings. The predicted octanol–water partition coefficient (Wildman–Crippen LogP) is 5.26. The Hall–Kier alpha value is -0.820. The standard InChI is InChI=1S/C9H8S.2C2H6/c1-7-6-8-4-2-3-5-9(8)10-7;2*1-2/h2-6H,1H3;2*1-2H3. The van der Waals surface area contributed by atoms with Gasteiger partial charge in [0, 0.05) is 9.58 Å². The first-order chi connectivity index (χ1) is 6.86. The summed E-state index contributed by atoms with van der Waals surface area (Å²) in [5.41, 5.74) is 0. The molecular weight excluding hydrogens is 188 g/mol. The van der Waals surface area contributed by atoms with Crippen LogP contribution in [0, 0.1) is 6.92 Å². The SMILES string of the molecule is CC.CC.Cc1cc2ccccc2s1. The van der Waals surface area contributed by atoms with Gasteiger partial charge in [0.15, 0.2) is 0 Å². The number of fused-ring (bicyclic) bond motifs is 1. The summed E-state index contributed by atoms with van der Waals surface area (Å²) in [5, 5.41) is 1.37. The highest BCUT2D eigenvalue weighted by Gasteiger charge is 1.93. The fraction of sp³-hybridized carbons (Fsp3) is 0.385. The van der Waals surface area contributed by atoms with E-state index in [0.717, 1.165) is 0 Å². The number of hydrogen-bond acceptors (Lipinski definition) is 1. The molecule has 0 saturated heterocycles. The van der Waals surface area contributed by atoms with Crippen LogP contribution in [-0.4, -0.2) is 0 Å². The van der Waals surface area contributed by atoms with Gasteiger partial charge in [-0.2, -0.15) is 0 Å². The van der Waals surface area contributed by atoms with Crippen LogP contribution in [0.5, 0.6) is 0 Å². The van der Waals surface area contributed by atoms with Crippen molar-refractivity contribution in [2.45, 2.75) is 34.6 Å². The minimum absolute atomic E-state index is 1.37. The summed E-state index contributed by atoms with van der Waals surface area (Å²) < 4.78 is 1.39. The lowest BCUT2D eigenvalue weighted by atomic mass is 10.2. The van der Waals surface area contributed by atoms with Crippen LogP contribution >= 0.6 is 11.3 Å². The molecule has 1 heterocycles. The summed E-state index contributed by atoms with van der Waals surface area (Å²) >= 11 is 1.85. The molecule has 0 radical (unpaired) electrons. The monoisotopic (exact) mass is 208 g/mol. The molecule has 0 atom stereocenters. The molecule has 0 bridgehead atoms. The van der Waals surface area contributed by atoms with Gasteiger partial charge in [-0.1, -0.05) is 45.9 Å². The van der Waals surface area contributed by atoms with Gasteiger partial charge >= 0.3 is 0 Å². The van der Waals surface area contributed by atoms with Crippen molar-refractivity contribution < 1.29 is 0 Å². The van der Waals surface area contributed by atoms with Gasteiger partial charge in [-0.25, -0.2) is 0 Å². The van der Waals surface area contributed by atoms with Gasteiger partial charge in [0.05, 0.1) is 0 Å². The Morgan fingerprint density at radius 2 is 1.50 bits per heavy atom. The van der Waals surface area contributed by atoms with Crippen molar-refractivity contribution in [3.63, 3.8) is 0 Å². The molecular formula is C13H20S. The molecule has 1 heteroatoms. The Kier molecular flexibility index (Phi) is 7.13. The average molecular weight is 208 g/mol. The third-order valence-electron chi connectivity index (χ3n) is 1.55. The number of aryl methyl sites for hydroxylation is 1. The number of hydrogen-bond donors (Lipinski definition) is 0. The van der Waals surface area contributed by atoms with Crippen LogP contribution in [0.3, 0.4) is 0 Å². The Morgan fingerprint density at radius 3 is 2.07 bits per heavy atom. The van der Waals surface area contributed by atoms with Crippen LogP contribution in [0.4, 0.5) is 0 Å². The van der Waals surface area contributed by atoms with Crippen molar-refractivity contribution in [3.8, 4) is 0 Å². The van der Waals surface area contributed by atoms with E-state index < -0.39 is 0 Å². The Bertz CT molecular complexity index is 314. The lowest BCUT2D eigenvalue weighted by Gasteiger charge is -1.82. The van der Waals surface area contributed by atoms with Crippen molar-refractivity contribution in [2.24, 2.45) is 0 Å². The molecule has 78 valence electrons. The third-order valence-corrected chi connectivity index (χ3v) is 2.58. The highest BCUT2D eigenvalue weighted by atomic mass is 32.1. The fourth-order valence-electron chi connectivity index (χ4n) is 1.11. The van der Waals surface area contributed by atoms with Gasteiger partial charge < -0.3 is 0 Å². The first-order valence-corrected chi connectivity index (χ1v) is 6.13. The van der Waals surface area contributed by atoms with Crippen molar-refractivity contribution in [1.82, 2.24) is 0 Å². The lowest BCUT2D eigenvalue weighted by Crippen LogP contribution is -1.56. The molecule has 1 aromatic heterocycles. The zero-order valence-corrected chi connectivity index (χ0v) is 10.6. The topological polar surface area (TPSA) is 0 Å². The number of benzene rings is 1. The van der Waals surface area contributed by atoms with E-state index in [9.17, 15) is 0 Å². The molecule has 2 rings (SSSR count). The van der Waals surface area contributed by atoms with Crippen molar-refractivity contribution in [2.75, 3.05) is 0 Å². The highest BCUT2D eigenvalue weighted by molar-refractivity contribution is 7.19. The van der Waals surface area contributed by atoms with Crippen molar-refractivity contribution in [3.05, 3.63) is 35.2 Å². The van der Waals surface area contributed by atoms with Gasteiger partial charge in [-0.05, 0) is 24.4 Å². The molecule has 0 N–H and O–H groups in total. The molecule has 14 heavy (non-hydrogen) atoms. The third kappa shape index (κ3) is 3.51. The second-order valence-corrected chi connectivity index (χ2v) is 3.68. The van der Waals surface area contributed by atoms with Crippen molar-refractivity contribution >= 4 is 21.4 Å². The number of rotatable bonds is 0. The predicted molar refractivity (Wildman–Crippen MR) is 69.3 cm³/mol. The van der Waals surface area contributed by atoms with Crippen LogP contribution in [0.2, 0.25) is 0 Å². The second kappa shape index (κ2) is 7.57. The summed E-state index contributed by atoms with van der Waals surface area (Å²) in [4.78, 5) is 1.39. The van der Waals surface area contributed by atoms with Crippen molar-refractivity contribution in [1.29, 1.82) is 0 Å². The molecule has 0 unspecified atom stereocenters. The van der Waals surface area contributed by atoms with E-state index in [4.69, 9.17) is 0 Å². The zero-order valence-electron chi connectivity index (χ0n) is 9.79.